The molecular weight excluding hydrogens is 628 g/mol. The summed E-state index contributed by atoms with van der Waals surface area (Å²) in [7, 11) is 0. The highest BCUT2D eigenvalue weighted by atomic mass is 32.1. The number of nitrogens with one attached hydrogen (secondary N) is 2. The van der Waals surface area contributed by atoms with Gasteiger partial charge in [0.15, 0.2) is 0 Å². The summed E-state index contributed by atoms with van der Waals surface area (Å²) >= 11 is 1.58. The molecule has 1 saturated heterocycles. The molecule has 2 aromatic rings. The van der Waals surface area contributed by atoms with E-state index in [1.807, 2.05) is 57.5 Å². The molecule has 3 amide bonds. The standard InChI is InChI=1S/C33H50N4O9S/c1-23-29(47-22-35-23)25-7-5-24(6-8-25)20-34-31(41)27-19-26(39)21-37(27)32(42)30(33(2,3)4)36-28(40)9-11-43-13-15-45-17-18-46-16-14-44-12-10-38/h5-8,22,26-27,30,38-39H,9-21H2,1-4H3,(H,34,41)(H,36,40). The van der Waals surface area contributed by atoms with Gasteiger partial charge in [0, 0.05) is 25.9 Å². The molecule has 13 nitrogen and oxygen atoms in total. The molecule has 3 unspecified atom stereocenters. The number of rotatable bonds is 20. The molecule has 1 aliphatic rings. The van der Waals surface area contributed by atoms with Crippen LogP contribution < -0.4 is 10.6 Å². The summed E-state index contributed by atoms with van der Waals surface area (Å²) < 4.78 is 21.4. The number of hydrogen-bond donors (Lipinski definition) is 4. The van der Waals surface area contributed by atoms with E-state index in [1.165, 1.54) is 4.90 Å². The second-order valence-electron chi connectivity index (χ2n) is 12.4. The van der Waals surface area contributed by atoms with Gasteiger partial charge in [-0.1, -0.05) is 45.0 Å². The fourth-order valence-corrected chi connectivity index (χ4v) is 5.82. The number of aliphatic hydroxyl groups is 2. The van der Waals surface area contributed by atoms with Crippen LogP contribution in [0.1, 0.15) is 44.9 Å². The first kappa shape index (κ1) is 38.5. The fraction of sp³-hybridized carbons (Fsp3) is 0.636. The number of thiazole rings is 1. The Morgan fingerprint density at radius 2 is 1.57 bits per heavy atom. The van der Waals surface area contributed by atoms with E-state index in [9.17, 15) is 19.5 Å². The van der Waals surface area contributed by atoms with Crippen LogP contribution in [0.3, 0.4) is 0 Å². The lowest BCUT2D eigenvalue weighted by Gasteiger charge is -2.35. The predicted octanol–water partition coefficient (Wildman–Crippen LogP) is 1.68. The molecule has 1 aromatic carbocycles. The zero-order chi connectivity index (χ0) is 34.2. The van der Waals surface area contributed by atoms with E-state index in [4.69, 9.17) is 24.1 Å². The minimum atomic E-state index is -0.907. The molecule has 1 fully saturated rings. The summed E-state index contributed by atoms with van der Waals surface area (Å²) in [5.74, 6) is -1.12. The summed E-state index contributed by atoms with van der Waals surface area (Å²) in [5.41, 5.74) is 4.09. The number of likely N-dealkylation sites (tertiary alicyclic amines) is 1. The molecule has 1 aliphatic heterocycles. The summed E-state index contributed by atoms with van der Waals surface area (Å²) in [4.78, 5) is 46.6. The van der Waals surface area contributed by atoms with Crippen LogP contribution in [0.2, 0.25) is 0 Å². The molecule has 0 saturated carbocycles. The van der Waals surface area contributed by atoms with Crippen LogP contribution in [0.4, 0.5) is 0 Å². The van der Waals surface area contributed by atoms with E-state index in [2.05, 4.69) is 15.6 Å². The zero-order valence-corrected chi connectivity index (χ0v) is 28.7. The molecule has 0 aliphatic carbocycles. The molecule has 0 radical (unpaired) electrons. The number of hydrogen-bond acceptors (Lipinski definition) is 11. The van der Waals surface area contributed by atoms with Crippen molar-refractivity contribution < 1.29 is 43.5 Å². The second kappa shape index (κ2) is 19.7. The molecular formula is C33H50N4O9S. The van der Waals surface area contributed by atoms with Crippen molar-refractivity contribution >= 4 is 29.1 Å². The smallest absolute Gasteiger partial charge is 0.246 e. The highest BCUT2D eigenvalue weighted by Crippen LogP contribution is 2.28. The highest BCUT2D eigenvalue weighted by Gasteiger charge is 2.44. The van der Waals surface area contributed by atoms with Crippen molar-refractivity contribution in [1.29, 1.82) is 0 Å². The number of ether oxygens (including phenoxy) is 4. The molecule has 47 heavy (non-hydrogen) atoms. The summed E-state index contributed by atoms with van der Waals surface area (Å²) in [6.07, 6.45) is -0.682. The number of carbonyl (C=O) groups excluding carboxylic acids is 3. The Hall–Kier alpha value is -2.98. The number of β-amino-alcohol motifs (C(OH)–C–C–N with tert-alkyl or cyclic N) is 1. The van der Waals surface area contributed by atoms with Gasteiger partial charge in [-0.15, -0.1) is 11.3 Å². The lowest BCUT2D eigenvalue weighted by Crippen LogP contribution is -2.57. The van der Waals surface area contributed by atoms with Crippen LogP contribution in [-0.4, -0.2) is 122 Å². The summed E-state index contributed by atoms with van der Waals surface area (Å²) in [6.45, 7) is 10.5. The number of aryl methyl sites for hydroxylation is 1. The van der Waals surface area contributed by atoms with Crippen molar-refractivity contribution in [2.24, 2.45) is 5.41 Å². The Kier molecular flexibility index (Phi) is 16.2. The summed E-state index contributed by atoms with van der Waals surface area (Å²) in [6, 6.07) is 6.11. The van der Waals surface area contributed by atoms with Crippen LogP contribution in [0, 0.1) is 12.3 Å². The van der Waals surface area contributed by atoms with Gasteiger partial charge in [0.1, 0.15) is 12.1 Å². The maximum absolute atomic E-state index is 13.8. The van der Waals surface area contributed by atoms with Crippen LogP contribution >= 0.6 is 11.3 Å². The normalized spacial score (nSPS) is 17.1. The van der Waals surface area contributed by atoms with E-state index in [-0.39, 0.29) is 57.6 Å². The first-order chi connectivity index (χ1) is 22.5. The number of amides is 3. The maximum atomic E-state index is 13.8. The van der Waals surface area contributed by atoms with E-state index >= 15 is 0 Å². The molecule has 262 valence electrons. The largest absolute Gasteiger partial charge is 0.394 e. The maximum Gasteiger partial charge on any atom is 0.246 e. The SMILES string of the molecule is Cc1ncsc1-c1ccc(CNC(=O)C2CC(O)CN2C(=O)C(NC(=O)CCOCCOCCOCCOCCO)C(C)(C)C)cc1. The van der Waals surface area contributed by atoms with Gasteiger partial charge < -0.3 is 44.7 Å². The average Bonchev–Trinajstić information content (AvgIpc) is 3.65. The minimum Gasteiger partial charge on any atom is -0.394 e. The molecule has 1 aromatic heterocycles. The number of benzene rings is 1. The van der Waals surface area contributed by atoms with Gasteiger partial charge in [-0.3, -0.25) is 14.4 Å². The topological polar surface area (TPSA) is 169 Å². The van der Waals surface area contributed by atoms with E-state index in [0.717, 1.165) is 21.7 Å². The fourth-order valence-electron chi connectivity index (χ4n) is 5.00. The van der Waals surface area contributed by atoms with Gasteiger partial charge in [0.25, 0.3) is 0 Å². The predicted molar refractivity (Wildman–Crippen MR) is 177 cm³/mol. The number of aromatic nitrogens is 1. The van der Waals surface area contributed by atoms with E-state index < -0.39 is 29.5 Å². The van der Waals surface area contributed by atoms with Crippen molar-refractivity contribution in [3.63, 3.8) is 0 Å². The first-order valence-electron chi connectivity index (χ1n) is 16.0. The zero-order valence-electron chi connectivity index (χ0n) is 27.9. The Morgan fingerprint density at radius 1 is 0.979 bits per heavy atom. The molecule has 0 spiro atoms. The highest BCUT2D eigenvalue weighted by molar-refractivity contribution is 7.13. The van der Waals surface area contributed by atoms with E-state index in [1.54, 1.807) is 11.3 Å². The monoisotopic (exact) mass is 678 g/mol. The Bertz CT molecular complexity index is 1250. The van der Waals surface area contributed by atoms with Crippen LogP contribution in [0.15, 0.2) is 29.8 Å². The van der Waals surface area contributed by atoms with Crippen molar-refractivity contribution in [3.05, 3.63) is 41.0 Å². The number of carbonyl (C=O) groups is 3. The molecule has 4 N–H and O–H groups in total. The van der Waals surface area contributed by atoms with Crippen molar-refractivity contribution in [1.82, 2.24) is 20.5 Å². The summed E-state index contributed by atoms with van der Waals surface area (Å²) in [5, 5.41) is 24.8. The van der Waals surface area contributed by atoms with Gasteiger partial charge in [-0.2, -0.15) is 0 Å². The third-order valence-corrected chi connectivity index (χ3v) is 8.51. The van der Waals surface area contributed by atoms with Crippen molar-refractivity contribution in [2.45, 2.75) is 65.3 Å². The number of nitrogens with zero attached hydrogens (tertiary/aromatic N) is 2. The Labute approximate surface area is 280 Å². The molecule has 2 heterocycles. The van der Waals surface area contributed by atoms with Gasteiger partial charge in [-0.25, -0.2) is 4.98 Å². The van der Waals surface area contributed by atoms with Gasteiger partial charge in [0.2, 0.25) is 17.7 Å². The molecule has 14 heteroatoms. The lowest BCUT2D eigenvalue weighted by atomic mass is 9.85. The Balaban J connectivity index is 1.42. The quantitative estimate of drug-likeness (QED) is 0.151. The minimum absolute atomic E-state index is 0.00785. The van der Waals surface area contributed by atoms with Crippen molar-refractivity contribution in [3.8, 4) is 10.4 Å². The van der Waals surface area contributed by atoms with Gasteiger partial charge in [0.05, 0.1) is 81.6 Å². The van der Waals surface area contributed by atoms with Crippen molar-refractivity contribution in [2.75, 3.05) is 66.0 Å². The number of aliphatic hydroxyl groups excluding tert-OH is 2. The van der Waals surface area contributed by atoms with E-state index in [0.29, 0.717) is 39.6 Å². The third-order valence-electron chi connectivity index (χ3n) is 7.54. The van der Waals surface area contributed by atoms with Crippen LogP contribution in [-0.2, 0) is 39.9 Å². The van der Waals surface area contributed by atoms with Crippen LogP contribution in [0.25, 0.3) is 10.4 Å². The lowest BCUT2D eigenvalue weighted by molar-refractivity contribution is -0.144. The van der Waals surface area contributed by atoms with Crippen LogP contribution in [0.5, 0.6) is 0 Å². The third kappa shape index (κ3) is 12.9. The molecule has 0 bridgehead atoms. The first-order valence-corrected chi connectivity index (χ1v) is 16.9. The van der Waals surface area contributed by atoms with Gasteiger partial charge >= 0.3 is 0 Å². The second-order valence-corrected chi connectivity index (χ2v) is 13.2. The molecule has 3 rings (SSSR count). The average molecular weight is 679 g/mol. The van der Waals surface area contributed by atoms with Gasteiger partial charge in [-0.05, 0) is 23.5 Å². The Morgan fingerprint density at radius 3 is 2.13 bits per heavy atom. The molecule has 3 atom stereocenters.